The standard InChI is InChI=1S/C15H12I2N2O/c16-11-6-7-13(17)14(10-11)19(9-8-18-15(19)20)12-4-2-1-3-5-12/h1-7,10H,8-9H2/p+1. The van der Waals surface area contributed by atoms with Crippen molar-refractivity contribution in [3.8, 4) is 0 Å². The second-order valence-electron chi connectivity index (χ2n) is 4.70. The highest BCUT2D eigenvalue weighted by molar-refractivity contribution is 14.1. The van der Waals surface area contributed by atoms with Crippen LogP contribution in [0.25, 0.3) is 0 Å². The summed E-state index contributed by atoms with van der Waals surface area (Å²) < 4.78 is 2.52. The molecule has 2 amide bonds. The van der Waals surface area contributed by atoms with Crippen LogP contribution in [0.4, 0.5) is 16.2 Å². The summed E-state index contributed by atoms with van der Waals surface area (Å²) in [4.78, 5) is 12.6. The van der Waals surface area contributed by atoms with Crippen molar-refractivity contribution < 1.29 is 4.79 Å². The van der Waals surface area contributed by atoms with Crippen LogP contribution in [0, 0.1) is 7.14 Å². The summed E-state index contributed by atoms with van der Waals surface area (Å²) in [6, 6.07) is 16.3. The fraction of sp³-hybridized carbons (Fsp3) is 0.133. The van der Waals surface area contributed by atoms with Crippen LogP contribution in [-0.2, 0) is 0 Å². The quantitative estimate of drug-likeness (QED) is 0.494. The van der Waals surface area contributed by atoms with E-state index in [-0.39, 0.29) is 10.5 Å². The van der Waals surface area contributed by atoms with Gasteiger partial charge in [0.25, 0.3) is 0 Å². The Kier molecular flexibility index (Phi) is 4.00. The van der Waals surface area contributed by atoms with E-state index in [1.807, 2.05) is 30.3 Å². The van der Waals surface area contributed by atoms with E-state index in [9.17, 15) is 4.79 Å². The molecule has 2 aromatic rings. The number of urea groups is 1. The molecule has 1 saturated heterocycles. The van der Waals surface area contributed by atoms with E-state index in [2.05, 4.69) is 68.7 Å². The van der Waals surface area contributed by atoms with Gasteiger partial charge in [0.1, 0.15) is 12.2 Å². The Hall–Kier alpha value is -0.670. The lowest BCUT2D eigenvalue weighted by Crippen LogP contribution is -2.47. The van der Waals surface area contributed by atoms with Gasteiger partial charge >= 0.3 is 6.03 Å². The Morgan fingerprint density at radius 3 is 2.45 bits per heavy atom. The Labute approximate surface area is 145 Å². The number of carbonyl (C=O) groups is 1. The van der Waals surface area contributed by atoms with Crippen molar-refractivity contribution >= 4 is 62.6 Å². The lowest BCUT2D eigenvalue weighted by molar-refractivity contribution is 0.231. The van der Waals surface area contributed by atoms with Crippen LogP contribution in [0.5, 0.6) is 0 Å². The van der Waals surface area contributed by atoms with E-state index in [0.717, 1.165) is 25.1 Å². The number of halogens is 2. The minimum absolute atomic E-state index is 0.0520. The van der Waals surface area contributed by atoms with Gasteiger partial charge in [-0.25, -0.2) is 4.79 Å². The fourth-order valence-electron chi connectivity index (χ4n) is 2.64. The average molecular weight is 491 g/mol. The van der Waals surface area contributed by atoms with Crippen molar-refractivity contribution in [2.45, 2.75) is 0 Å². The van der Waals surface area contributed by atoms with E-state index >= 15 is 0 Å². The van der Waals surface area contributed by atoms with Gasteiger partial charge in [-0.1, -0.05) is 18.2 Å². The number of nitrogens with zero attached hydrogens (tertiary/aromatic N) is 1. The molecule has 0 radical (unpaired) electrons. The van der Waals surface area contributed by atoms with Gasteiger partial charge in [0.2, 0.25) is 0 Å². The lowest BCUT2D eigenvalue weighted by atomic mass is 10.2. The number of hydrogen-bond donors (Lipinski definition) is 1. The van der Waals surface area contributed by atoms with Crippen molar-refractivity contribution in [3.63, 3.8) is 0 Å². The number of quaternary nitrogens is 1. The smallest absolute Gasteiger partial charge is 0.299 e. The summed E-state index contributed by atoms with van der Waals surface area (Å²) in [5, 5.41) is 2.98. The first kappa shape index (κ1) is 14.3. The van der Waals surface area contributed by atoms with Crippen molar-refractivity contribution in [3.05, 3.63) is 55.7 Å². The molecule has 0 saturated carbocycles. The van der Waals surface area contributed by atoms with Crippen LogP contribution in [0.15, 0.2) is 48.5 Å². The lowest BCUT2D eigenvalue weighted by Gasteiger charge is -2.29. The largest absolute Gasteiger partial charge is 0.427 e. The van der Waals surface area contributed by atoms with Crippen LogP contribution in [-0.4, -0.2) is 19.1 Å². The molecule has 0 spiro atoms. The van der Waals surface area contributed by atoms with E-state index in [4.69, 9.17) is 0 Å². The highest BCUT2D eigenvalue weighted by atomic mass is 127. The van der Waals surface area contributed by atoms with Gasteiger partial charge in [0.15, 0.2) is 5.69 Å². The zero-order chi connectivity index (χ0) is 14.2. The predicted molar refractivity (Wildman–Crippen MR) is 98.0 cm³/mol. The summed E-state index contributed by atoms with van der Waals surface area (Å²) in [5.41, 5.74) is 2.07. The monoisotopic (exact) mass is 491 g/mol. The number of amides is 2. The van der Waals surface area contributed by atoms with Crippen molar-refractivity contribution in [2.75, 3.05) is 13.1 Å². The second kappa shape index (κ2) is 5.61. The highest BCUT2D eigenvalue weighted by Gasteiger charge is 2.47. The first-order valence-corrected chi connectivity index (χ1v) is 8.48. The van der Waals surface area contributed by atoms with Gasteiger partial charge in [-0.05, 0) is 57.3 Å². The topological polar surface area (TPSA) is 29.1 Å². The van der Waals surface area contributed by atoms with Crippen LogP contribution >= 0.6 is 45.2 Å². The van der Waals surface area contributed by atoms with Crippen molar-refractivity contribution in [1.82, 2.24) is 9.80 Å². The molecule has 1 aliphatic rings. The zero-order valence-electron chi connectivity index (χ0n) is 10.6. The zero-order valence-corrected chi connectivity index (χ0v) is 15.0. The Morgan fingerprint density at radius 1 is 1.05 bits per heavy atom. The Morgan fingerprint density at radius 2 is 1.80 bits per heavy atom. The molecule has 0 aliphatic carbocycles. The number of benzene rings is 2. The van der Waals surface area contributed by atoms with Gasteiger partial charge in [-0.2, -0.15) is 4.48 Å². The number of para-hydroxylation sites is 1. The van der Waals surface area contributed by atoms with Crippen LogP contribution < -0.4 is 9.80 Å². The third-order valence-corrected chi connectivity index (χ3v) is 5.17. The van der Waals surface area contributed by atoms with Crippen molar-refractivity contribution in [2.24, 2.45) is 0 Å². The Balaban J connectivity index is 2.27. The highest BCUT2D eigenvalue weighted by Crippen LogP contribution is 2.40. The maximum absolute atomic E-state index is 12.6. The molecule has 1 fully saturated rings. The average Bonchev–Trinajstić information content (AvgIpc) is 2.85. The van der Waals surface area contributed by atoms with Gasteiger partial charge in [-0.3, -0.25) is 5.32 Å². The molecule has 1 atom stereocenters. The molecular weight excluding hydrogens is 478 g/mol. The minimum atomic E-state index is 0.0520. The third-order valence-electron chi connectivity index (χ3n) is 3.59. The molecular formula is C15H13I2N2O+. The normalized spacial score (nSPS) is 21.8. The summed E-state index contributed by atoms with van der Waals surface area (Å²) >= 11 is 4.61. The summed E-state index contributed by atoms with van der Waals surface area (Å²) in [6.45, 7) is 1.45. The first-order valence-electron chi connectivity index (χ1n) is 6.32. The second-order valence-corrected chi connectivity index (χ2v) is 7.10. The maximum atomic E-state index is 12.6. The molecule has 0 aromatic heterocycles. The number of hydrogen-bond acceptors (Lipinski definition) is 1. The summed E-state index contributed by atoms with van der Waals surface area (Å²) in [6.07, 6.45) is 0. The minimum Gasteiger partial charge on any atom is -0.299 e. The van der Waals surface area contributed by atoms with E-state index in [1.54, 1.807) is 0 Å². The van der Waals surface area contributed by atoms with Crippen LogP contribution in [0.3, 0.4) is 0 Å². The van der Waals surface area contributed by atoms with Gasteiger partial charge in [0, 0.05) is 21.8 Å². The fourth-order valence-corrected chi connectivity index (χ4v) is 3.87. The third kappa shape index (κ3) is 2.25. The molecule has 1 aliphatic heterocycles. The number of nitrogens with one attached hydrogen (secondary N) is 1. The number of rotatable bonds is 2. The van der Waals surface area contributed by atoms with Gasteiger partial charge < -0.3 is 0 Å². The van der Waals surface area contributed by atoms with E-state index in [1.165, 1.54) is 0 Å². The molecule has 0 bridgehead atoms. The molecule has 5 heteroatoms. The first-order chi connectivity index (χ1) is 9.64. The van der Waals surface area contributed by atoms with Crippen LogP contribution in [0.1, 0.15) is 0 Å². The van der Waals surface area contributed by atoms with E-state index in [0.29, 0.717) is 6.54 Å². The van der Waals surface area contributed by atoms with Crippen molar-refractivity contribution in [1.29, 1.82) is 0 Å². The molecule has 102 valence electrons. The molecule has 3 nitrogen and oxygen atoms in total. The van der Waals surface area contributed by atoms with Gasteiger partial charge in [-0.15, -0.1) is 0 Å². The van der Waals surface area contributed by atoms with Gasteiger partial charge in [0.05, 0.1) is 10.1 Å². The molecule has 1 N–H and O–H groups in total. The van der Waals surface area contributed by atoms with E-state index < -0.39 is 0 Å². The molecule has 3 rings (SSSR count). The SMILES string of the molecule is O=C1NCC[N+]1(c1ccccc1)c1cc(I)ccc1I. The molecule has 2 aromatic carbocycles. The maximum Gasteiger partial charge on any atom is 0.427 e. The summed E-state index contributed by atoms with van der Waals surface area (Å²) in [5.74, 6) is 0. The molecule has 1 unspecified atom stereocenters. The molecule has 20 heavy (non-hydrogen) atoms. The predicted octanol–water partition coefficient (Wildman–Crippen LogP) is 4.26. The molecule has 1 heterocycles. The Bertz CT molecular complexity index is 660. The summed E-state index contributed by atoms with van der Waals surface area (Å²) in [7, 11) is 0. The van der Waals surface area contributed by atoms with Crippen LogP contribution in [0.2, 0.25) is 0 Å². The number of carbonyl (C=O) groups excluding carboxylic acids is 1.